The largest absolute Gasteiger partial charge is 0.375 e. The van der Waals surface area contributed by atoms with E-state index in [-0.39, 0.29) is 28.4 Å². The molecule has 104 valence electrons. The molecule has 2 unspecified atom stereocenters. The van der Waals surface area contributed by atoms with E-state index in [4.69, 9.17) is 27.9 Å². The maximum atomic E-state index is 12.5. The van der Waals surface area contributed by atoms with Crippen molar-refractivity contribution in [2.45, 2.75) is 32.4 Å². The predicted molar refractivity (Wildman–Crippen MR) is 74.8 cm³/mol. The third-order valence-electron chi connectivity index (χ3n) is 3.24. The summed E-state index contributed by atoms with van der Waals surface area (Å²) in [5.74, 6) is -0.115. The minimum atomic E-state index is -0.115. The Balaban J connectivity index is 2.25. The minimum Gasteiger partial charge on any atom is -0.375 e. The average Bonchev–Trinajstić information content (AvgIpc) is 2.38. The van der Waals surface area contributed by atoms with Gasteiger partial charge in [-0.25, -0.2) is 4.98 Å². The Labute approximate surface area is 122 Å². The summed E-state index contributed by atoms with van der Waals surface area (Å²) in [5, 5.41) is 0.426. The first kappa shape index (κ1) is 14.6. The van der Waals surface area contributed by atoms with Gasteiger partial charge in [0, 0.05) is 6.54 Å². The first-order chi connectivity index (χ1) is 9.02. The molecular weight excluding hydrogens is 287 g/mol. The van der Waals surface area contributed by atoms with Gasteiger partial charge in [0.15, 0.2) is 0 Å². The zero-order valence-electron chi connectivity index (χ0n) is 10.9. The Morgan fingerprint density at radius 1 is 1.53 bits per heavy atom. The van der Waals surface area contributed by atoms with Gasteiger partial charge in [-0.1, -0.05) is 30.1 Å². The number of rotatable bonds is 2. The van der Waals surface area contributed by atoms with Crippen molar-refractivity contribution in [1.82, 2.24) is 9.88 Å². The predicted octanol–water partition coefficient (Wildman–Crippen LogP) is 3.03. The molecule has 0 spiro atoms. The Hall–Kier alpha value is -0.840. The maximum absolute atomic E-state index is 12.5. The molecule has 0 bridgehead atoms. The lowest BCUT2D eigenvalue weighted by Crippen LogP contribution is -2.51. The number of carbonyl (C=O) groups is 1. The summed E-state index contributed by atoms with van der Waals surface area (Å²) >= 11 is 11.7. The highest BCUT2D eigenvalue weighted by Gasteiger charge is 2.31. The van der Waals surface area contributed by atoms with E-state index in [0.29, 0.717) is 18.7 Å². The minimum absolute atomic E-state index is 0.0331. The Morgan fingerprint density at radius 3 is 2.89 bits per heavy atom. The van der Waals surface area contributed by atoms with Crippen LogP contribution in [0.5, 0.6) is 0 Å². The van der Waals surface area contributed by atoms with Gasteiger partial charge in [0.25, 0.3) is 5.91 Å². The number of nitrogens with zero attached hydrogens (tertiary/aromatic N) is 2. The monoisotopic (exact) mass is 302 g/mol. The van der Waals surface area contributed by atoms with Gasteiger partial charge in [0.2, 0.25) is 0 Å². The SMILES string of the molecule is CCC1COC(C)CN1C(=O)c1ccc(Cl)nc1Cl. The summed E-state index contributed by atoms with van der Waals surface area (Å²) < 4.78 is 5.58. The highest BCUT2D eigenvalue weighted by Crippen LogP contribution is 2.22. The number of aromatic nitrogens is 1. The van der Waals surface area contributed by atoms with E-state index in [2.05, 4.69) is 4.98 Å². The summed E-state index contributed by atoms with van der Waals surface area (Å²) in [4.78, 5) is 18.3. The zero-order chi connectivity index (χ0) is 14.0. The van der Waals surface area contributed by atoms with Crippen LogP contribution >= 0.6 is 23.2 Å². The van der Waals surface area contributed by atoms with Crippen molar-refractivity contribution in [3.8, 4) is 0 Å². The van der Waals surface area contributed by atoms with E-state index in [1.807, 2.05) is 18.7 Å². The molecule has 0 aromatic carbocycles. The van der Waals surface area contributed by atoms with Gasteiger partial charge in [-0.2, -0.15) is 0 Å². The number of pyridine rings is 1. The number of carbonyl (C=O) groups excluding carboxylic acids is 1. The molecule has 6 heteroatoms. The first-order valence-electron chi connectivity index (χ1n) is 6.27. The van der Waals surface area contributed by atoms with Crippen LogP contribution in [0, 0.1) is 0 Å². The lowest BCUT2D eigenvalue weighted by molar-refractivity contribution is -0.0444. The Bertz CT molecular complexity index is 482. The second kappa shape index (κ2) is 6.07. The van der Waals surface area contributed by atoms with Gasteiger partial charge in [-0.15, -0.1) is 0 Å². The number of amides is 1. The van der Waals surface area contributed by atoms with Gasteiger partial charge in [0.05, 0.1) is 24.3 Å². The van der Waals surface area contributed by atoms with Crippen LogP contribution < -0.4 is 0 Å². The average molecular weight is 303 g/mol. The summed E-state index contributed by atoms with van der Waals surface area (Å²) in [7, 11) is 0. The Morgan fingerprint density at radius 2 is 2.26 bits per heavy atom. The van der Waals surface area contributed by atoms with Gasteiger partial charge < -0.3 is 9.64 Å². The normalized spacial score (nSPS) is 23.5. The molecular formula is C13H16Cl2N2O2. The standard InChI is InChI=1S/C13H16Cl2N2O2/c1-3-9-7-19-8(2)6-17(9)13(18)10-4-5-11(14)16-12(10)15/h4-5,8-9H,3,6-7H2,1-2H3. The molecule has 2 atom stereocenters. The molecule has 0 aliphatic carbocycles. The van der Waals surface area contributed by atoms with Crippen LogP contribution in [0.4, 0.5) is 0 Å². The fourth-order valence-corrected chi connectivity index (χ4v) is 2.58. The van der Waals surface area contributed by atoms with Crippen LogP contribution in [-0.2, 0) is 4.74 Å². The van der Waals surface area contributed by atoms with Crippen molar-refractivity contribution >= 4 is 29.1 Å². The molecule has 19 heavy (non-hydrogen) atoms. The van der Waals surface area contributed by atoms with Gasteiger partial charge in [-0.05, 0) is 25.5 Å². The molecule has 1 amide bonds. The van der Waals surface area contributed by atoms with Crippen LogP contribution in [0.25, 0.3) is 0 Å². The van der Waals surface area contributed by atoms with Crippen LogP contribution in [0.3, 0.4) is 0 Å². The molecule has 1 fully saturated rings. The quantitative estimate of drug-likeness (QED) is 0.789. The van der Waals surface area contributed by atoms with E-state index < -0.39 is 0 Å². The molecule has 0 N–H and O–H groups in total. The summed E-state index contributed by atoms with van der Waals surface area (Å²) in [6.45, 7) is 5.11. The summed E-state index contributed by atoms with van der Waals surface area (Å²) in [6, 6.07) is 3.27. The van der Waals surface area contributed by atoms with Crippen molar-refractivity contribution in [2.24, 2.45) is 0 Å². The fourth-order valence-electron chi connectivity index (χ4n) is 2.16. The van der Waals surface area contributed by atoms with Crippen molar-refractivity contribution < 1.29 is 9.53 Å². The number of hydrogen-bond donors (Lipinski definition) is 0. The van der Waals surface area contributed by atoms with Gasteiger partial charge in [-0.3, -0.25) is 4.79 Å². The summed E-state index contributed by atoms with van der Waals surface area (Å²) in [6.07, 6.45) is 0.877. The van der Waals surface area contributed by atoms with E-state index in [1.54, 1.807) is 12.1 Å². The van der Waals surface area contributed by atoms with Crippen molar-refractivity contribution in [3.63, 3.8) is 0 Å². The molecule has 2 rings (SSSR count). The molecule has 4 nitrogen and oxygen atoms in total. The highest BCUT2D eigenvalue weighted by atomic mass is 35.5. The molecule has 1 aromatic rings. The molecule has 1 saturated heterocycles. The first-order valence-corrected chi connectivity index (χ1v) is 7.03. The zero-order valence-corrected chi connectivity index (χ0v) is 12.4. The van der Waals surface area contributed by atoms with E-state index >= 15 is 0 Å². The van der Waals surface area contributed by atoms with E-state index in [1.165, 1.54) is 0 Å². The number of halogens is 2. The highest BCUT2D eigenvalue weighted by molar-refractivity contribution is 6.34. The van der Waals surface area contributed by atoms with Crippen LogP contribution in [0.1, 0.15) is 30.6 Å². The van der Waals surface area contributed by atoms with Gasteiger partial charge in [0.1, 0.15) is 10.3 Å². The number of hydrogen-bond acceptors (Lipinski definition) is 3. The fraction of sp³-hybridized carbons (Fsp3) is 0.538. The van der Waals surface area contributed by atoms with Crippen molar-refractivity contribution in [1.29, 1.82) is 0 Å². The van der Waals surface area contributed by atoms with Crippen molar-refractivity contribution in [2.75, 3.05) is 13.2 Å². The molecule has 1 aliphatic heterocycles. The third kappa shape index (κ3) is 3.19. The van der Waals surface area contributed by atoms with E-state index in [9.17, 15) is 4.79 Å². The van der Waals surface area contributed by atoms with Crippen molar-refractivity contribution in [3.05, 3.63) is 28.0 Å². The molecule has 2 heterocycles. The molecule has 0 radical (unpaired) electrons. The van der Waals surface area contributed by atoms with E-state index in [0.717, 1.165) is 6.42 Å². The van der Waals surface area contributed by atoms with Crippen LogP contribution in [0.2, 0.25) is 10.3 Å². The maximum Gasteiger partial charge on any atom is 0.257 e. The molecule has 0 saturated carbocycles. The van der Waals surface area contributed by atoms with Crippen LogP contribution in [0.15, 0.2) is 12.1 Å². The topological polar surface area (TPSA) is 42.4 Å². The smallest absolute Gasteiger partial charge is 0.257 e. The second-order valence-corrected chi connectivity index (χ2v) is 5.38. The molecule has 1 aliphatic rings. The summed E-state index contributed by atoms with van der Waals surface area (Å²) in [5.41, 5.74) is 0.388. The van der Waals surface area contributed by atoms with Crippen LogP contribution in [-0.4, -0.2) is 41.1 Å². The third-order valence-corrected chi connectivity index (χ3v) is 3.74. The number of ether oxygens (including phenoxy) is 1. The molecule has 1 aromatic heterocycles. The second-order valence-electron chi connectivity index (χ2n) is 4.64. The lowest BCUT2D eigenvalue weighted by atomic mass is 10.1. The Kier molecular flexibility index (Phi) is 4.66. The lowest BCUT2D eigenvalue weighted by Gasteiger charge is -2.38. The van der Waals surface area contributed by atoms with Gasteiger partial charge >= 0.3 is 0 Å². The number of morpholine rings is 1.